The first-order chi connectivity index (χ1) is 13.8. The van der Waals surface area contributed by atoms with E-state index < -0.39 is 18.0 Å². The summed E-state index contributed by atoms with van der Waals surface area (Å²) in [6.07, 6.45) is 0.491. The highest BCUT2D eigenvalue weighted by atomic mass is 16.4. The van der Waals surface area contributed by atoms with Crippen LogP contribution in [0.15, 0.2) is 54.6 Å². The Morgan fingerprint density at radius 3 is 2.17 bits per heavy atom. The van der Waals surface area contributed by atoms with Gasteiger partial charge < -0.3 is 21.1 Å². The van der Waals surface area contributed by atoms with Crippen molar-refractivity contribution < 1.29 is 19.5 Å². The van der Waals surface area contributed by atoms with Crippen LogP contribution in [0.25, 0.3) is 0 Å². The highest BCUT2D eigenvalue weighted by Gasteiger charge is 2.24. The molecule has 2 aromatic rings. The molecule has 0 radical (unpaired) electrons. The summed E-state index contributed by atoms with van der Waals surface area (Å²) in [6.45, 7) is 4.09. The van der Waals surface area contributed by atoms with E-state index in [2.05, 4.69) is 16.0 Å². The molecular weight excluding hydrogens is 370 g/mol. The van der Waals surface area contributed by atoms with Gasteiger partial charge >= 0.3 is 12.0 Å². The molecule has 0 aromatic heterocycles. The second-order valence-corrected chi connectivity index (χ2v) is 7.11. The summed E-state index contributed by atoms with van der Waals surface area (Å²) in [5.74, 6) is -1.26. The van der Waals surface area contributed by atoms with E-state index in [0.717, 1.165) is 11.1 Å². The molecule has 0 spiro atoms. The second-order valence-electron chi connectivity index (χ2n) is 7.11. The minimum absolute atomic E-state index is 0.0587. The van der Waals surface area contributed by atoms with Gasteiger partial charge in [-0.3, -0.25) is 9.59 Å². The minimum atomic E-state index is -0.848. The van der Waals surface area contributed by atoms with Crippen molar-refractivity contribution in [3.05, 3.63) is 65.7 Å². The van der Waals surface area contributed by atoms with Crippen LogP contribution in [0.2, 0.25) is 0 Å². The van der Waals surface area contributed by atoms with Crippen LogP contribution in [-0.2, 0) is 22.6 Å². The highest BCUT2D eigenvalue weighted by molar-refractivity contribution is 5.97. The molecule has 4 N–H and O–H groups in total. The van der Waals surface area contributed by atoms with Gasteiger partial charge in [-0.2, -0.15) is 0 Å². The molecule has 29 heavy (non-hydrogen) atoms. The molecule has 1 unspecified atom stereocenters. The zero-order valence-electron chi connectivity index (χ0n) is 16.6. The van der Waals surface area contributed by atoms with Crippen LogP contribution in [0, 0.1) is 5.92 Å². The zero-order chi connectivity index (χ0) is 21.2. The van der Waals surface area contributed by atoms with E-state index in [1.54, 1.807) is 24.3 Å². The molecule has 2 aromatic carbocycles. The van der Waals surface area contributed by atoms with Gasteiger partial charge in [0.2, 0.25) is 5.91 Å². The monoisotopic (exact) mass is 397 g/mol. The van der Waals surface area contributed by atoms with Gasteiger partial charge in [0, 0.05) is 18.7 Å². The second kappa shape index (κ2) is 10.8. The quantitative estimate of drug-likeness (QED) is 0.521. The number of amides is 3. The highest BCUT2D eigenvalue weighted by Crippen LogP contribution is 2.13. The summed E-state index contributed by atoms with van der Waals surface area (Å²) in [6, 6.07) is 15.4. The van der Waals surface area contributed by atoms with Gasteiger partial charge in [0.15, 0.2) is 0 Å². The Morgan fingerprint density at radius 1 is 0.931 bits per heavy atom. The summed E-state index contributed by atoms with van der Waals surface area (Å²) < 4.78 is 0. The lowest BCUT2D eigenvalue weighted by Gasteiger charge is -2.22. The van der Waals surface area contributed by atoms with Gasteiger partial charge in [-0.25, -0.2) is 4.79 Å². The standard InChI is InChI=1S/C22H27N3O4/c1-15(2)20(25-22(29)23-14-17-6-4-3-5-7-17)21(28)24-18-11-8-16(9-12-18)10-13-19(26)27/h3-9,11-12,15,20H,10,13-14H2,1-2H3,(H,24,28)(H,26,27)(H2,23,25,29). The molecule has 0 saturated carbocycles. The van der Waals surface area contributed by atoms with Gasteiger partial charge in [-0.05, 0) is 35.6 Å². The van der Waals surface area contributed by atoms with Crippen LogP contribution < -0.4 is 16.0 Å². The number of urea groups is 1. The maximum Gasteiger partial charge on any atom is 0.315 e. The van der Waals surface area contributed by atoms with E-state index in [4.69, 9.17) is 5.11 Å². The van der Waals surface area contributed by atoms with E-state index in [-0.39, 0.29) is 18.2 Å². The fraction of sp³-hybridized carbons (Fsp3) is 0.318. The van der Waals surface area contributed by atoms with Crippen LogP contribution in [-0.4, -0.2) is 29.1 Å². The average molecular weight is 397 g/mol. The summed E-state index contributed by atoms with van der Waals surface area (Å²) in [5, 5.41) is 17.0. The van der Waals surface area contributed by atoms with E-state index in [0.29, 0.717) is 18.7 Å². The van der Waals surface area contributed by atoms with Gasteiger partial charge in [-0.15, -0.1) is 0 Å². The SMILES string of the molecule is CC(C)C(NC(=O)NCc1ccccc1)C(=O)Nc1ccc(CCC(=O)O)cc1. The van der Waals surface area contributed by atoms with Gasteiger partial charge in [-0.1, -0.05) is 56.3 Å². The number of anilines is 1. The number of aliphatic carboxylic acids is 1. The molecule has 154 valence electrons. The molecule has 1 atom stereocenters. The number of hydrogen-bond acceptors (Lipinski definition) is 3. The number of carboxylic acid groups (broad SMARTS) is 1. The van der Waals surface area contributed by atoms with Crippen molar-refractivity contribution in [3.63, 3.8) is 0 Å². The fourth-order valence-corrected chi connectivity index (χ4v) is 2.73. The lowest BCUT2D eigenvalue weighted by Crippen LogP contribution is -2.50. The molecule has 0 saturated heterocycles. The summed E-state index contributed by atoms with van der Waals surface area (Å²) >= 11 is 0. The molecule has 7 heteroatoms. The Morgan fingerprint density at radius 2 is 1.59 bits per heavy atom. The molecule has 0 bridgehead atoms. The maximum atomic E-state index is 12.6. The molecule has 0 aliphatic heterocycles. The topological polar surface area (TPSA) is 108 Å². The van der Waals surface area contributed by atoms with Crippen molar-refractivity contribution in [1.82, 2.24) is 10.6 Å². The van der Waals surface area contributed by atoms with Crippen LogP contribution >= 0.6 is 0 Å². The Bertz CT molecular complexity index is 820. The number of benzene rings is 2. The number of nitrogens with one attached hydrogen (secondary N) is 3. The predicted molar refractivity (Wildman–Crippen MR) is 111 cm³/mol. The molecular formula is C22H27N3O4. The average Bonchev–Trinajstić information content (AvgIpc) is 2.70. The molecule has 7 nitrogen and oxygen atoms in total. The lowest BCUT2D eigenvalue weighted by atomic mass is 10.0. The van der Waals surface area contributed by atoms with Crippen LogP contribution in [0.3, 0.4) is 0 Å². The summed E-state index contributed by atoms with van der Waals surface area (Å²) in [4.78, 5) is 35.5. The van der Waals surface area contributed by atoms with Gasteiger partial charge in [0.05, 0.1) is 0 Å². The molecule has 0 heterocycles. The van der Waals surface area contributed by atoms with Crippen LogP contribution in [0.4, 0.5) is 10.5 Å². The number of rotatable bonds is 9. The normalized spacial score (nSPS) is 11.6. The van der Waals surface area contributed by atoms with Crippen molar-refractivity contribution in [2.24, 2.45) is 5.92 Å². The Kier molecular flexibility index (Phi) is 8.21. The van der Waals surface area contributed by atoms with Crippen molar-refractivity contribution in [1.29, 1.82) is 0 Å². The van der Waals surface area contributed by atoms with E-state index in [1.807, 2.05) is 44.2 Å². The first-order valence-electron chi connectivity index (χ1n) is 9.55. The van der Waals surface area contributed by atoms with Crippen molar-refractivity contribution in [2.75, 3.05) is 5.32 Å². The lowest BCUT2D eigenvalue weighted by molar-refractivity contribution is -0.137. The maximum absolute atomic E-state index is 12.6. The van der Waals surface area contributed by atoms with Gasteiger partial charge in [0.1, 0.15) is 6.04 Å². The third-order valence-corrected chi connectivity index (χ3v) is 4.38. The Balaban J connectivity index is 1.89. The van der Waals surface area contributed by atoms with Crippen LogP contribution in [0.1, 0.15) is 31.4 Å². The largest absolute Gasteiger partial charge is 0.481 e. The van der Waals surface area contributed by atoms with E-state index >= 15 is 0 Å². The first kappa shape index (κ1) is 21.9. The Labute approximate surface area is 170 Å². The minimum Gasteiger partial charge on any atom is -0.481 e. The molecule has 3 amide bonds. The summed E-state index contributed by atoms with van der Waals surface area (Å²) in [5.41, 5.74) is 2.44. The third kappa shape index (κ3) is 7.65. The van der Waals surface area contributed by atoms with Crippen molar-refractivity contribution in [3.8, 4) is 0 Å². The third-order valence-electron chi connectivity index (χ3n) is 4.38. The van der Waals surface area contributed by atoms with Crippen LogP contribution in [0.5, 0.6) is 0 Å². The molecule has 2 rings (SSSR count). The molecule has 0 aliphatic rings. The Hall–Kier alpha value is -3.35. The molecule has 0 aliphatic carbocycles. The number of aryl methyl sites for hydroxylation is 1. The number of carboxylic acids is 1. The first-order valence-corrected chi connectivity index (χ1v) is 9.55. The van der Waals surface area contributed by atoms with Crippen molar-refractivity contribution >= 4 is 23.6 Å². The van der Waals surface area contributed by atoms with Crippen molar-refractivity contribution in [2.45, 2.75) is 39.3 Å². The van der Waals surface area contributed by atoms with Gasteiger partial charge in [0.25, 0.3) is 0 Å². The summed E-state index contributed by atoms with van der Waals surface area (Å²) in [7, 11) is 0. The number of carbonyl (C=O) groups excluding carboxylic acids is 2. The number of hydrogen-bond donors (Lipinski definition) is 4. The van der Waals surface area contributed by atoms with E-state index in [1.165, 1.54) is 0 Å². The van der Waals surface area contributed by atoms with E-state index in [9.17, 15) is 14.4 Å². The molecule has 0 fully saturated rings. The fourth-order valence-electron chi connectivity index (χ4n) is 2.73. The number of carbonyl (C=O) groups is 3. The predicted octanol–water partition coefficient (Wildman–Crippen LogP) is 3.17. The zero-order valence-corrected chi connectivity index (χ0v) is 16.6. The smallest absolute Gasteiger partial charge is 0.315 e.